The van der Waals surface area contributed by atoms with Gasteiger partial charge in [0.2, 0.25) is 5.89 Å². The lowest BCUT2D eigenvalue weighted by atomic mass is 9.67. The average molecular weight is 743 g/mol. The summed E-state index contributed by atoms with van der Waals surface area (Å²) in [6.45, 7) is 0. The smallest absolute Gasteiger partial charge is 0.227 e. The highest BCUT2D eigenvalue weighted by molar-refractivity contribution is 5.96. The molecule has 0 N–H and O–H groups in total. The number of rotatable bonds is 7. The van der Waals surface area contributed by atoms with E-state index in [4.69, 9.17) is 24.4 Å². The number of oxazole rings is 1. The molecule has 1 aliphatic carbocycles. The molecule has 2 aromatic heterocycles. The Kier molecular flexibility index (Phi) is 7.97. The standard InChI is InChI=1S/C53H34N4O/c1-5-17-35(18-6-1)49-55-50(36-19-7-2-8-20-36)57-51(56-49)39-24-15-23-38(33-39)42-28-16-30-45-48(42)43-27-13-14-29-44(43)53(45,40-25-11-4-12-26-40)41-31-32-47-46(34-41)54-52(58-47)37-21-9-3-10-22-37/h1-34H. The van der Waals surface area contributed by atoms with Crippen LogP contribution in [0, 0.1) is 0 Å². The maximum absolute atomic E-state index is 6.31. The van der Waals surface area contributed by atoms with Crippen molar-refractivity contribution < 1.29 is 4.42 Å². The van der Waals surface area contributed by atoms with E-state index in [9.17, 15) is 0 Å². The lowest BCUT2D eigenvalue weighted by Crippen LogP contribution is -2.28. The molecule has 0 radical (unpaired) electrons. The van der Waals surface area contributed by atoms with Gasteiger partial charge in [0.25, 0.3) is 0 Å². The van der Waals surface area contributed by atoms with Gasteiger partial charge < -0.3 is 4.42 Å². The predicted molar refractivity (Wildman–Crippen MR) is 232 cm³/mol. The van der Waals surface area contributed by atoms with E-state index >= 15 is 0 Å². The summed E-state index contributed by atoms with van der Waals surface area (Å²) in [5.41, 5.74) is 14.1. The van der Waals surface area contributed by atoms with Crippen LogP contribution in [0.3, 0.4) is 0 Å². The quantitative estimate of drug-likeness (QED) is 0.163. The van der Waals surface area contributed by atoms with Crippen molar-refractivity contribution in [2.24, 2.45) is 0 Å². The molecule has 0 saturated carbocycles. The molecule has 1 atom stereocenters. The summed E-state index contributed by atoms with van der Waals surface area (Å²) in [6.07, 6.45) is 0. The first-order chi connectivity index (χ1) is 28.7. The zero-order valence-corrected chi connectivity index (χ0v) is 31.3. The second kappa shape index (κ2) is 13.8. The van der Waals surface area contributed by atoms with Crippen molar-refractivity contribution in [3.05, 3.63) is 229 Å². The Bertz CT molecular complexity index is 3050. The third-order valence-corrected chi connectivity index (χ3v) is 11.2. The van der Waals surface area contributed by atoms with Crippen LogP contribution in [0.2, 0.25) is 0 Å². The zero-order chi connectivity index (χ0) is 38.5. The Labute approximate surface area is 336 Å². The van der Waals surface area contributed by atoms with Crippen LogP contribution >= 0.6 is 0 Å². The number of fused-ring (bicyclic) bond motifs is 4. The summed E-state index contributed by atoms with van der Waals surface area (Å²) >= 11 is 0. The lowest BCUT2D eigenvalue weighted by Gasteiger charge is -2.34. The number of benzene rings is 8. The van der Waals surface area contributed by atoms with Crippen molar-refractivity contribution in [1.82, 2.24) is 19.9 Å². The molecule has 0 fully saturated rings. The summed E-state index contributed by atoms with van der Waals surface area (Å²) in [5, 5.41) is 0. The fourth-order valence-electron chi connectivity index (χ4n) is 8.67. The van der Waals surface area contributed by atoms with Crippen LogP contribution in [-0.4, -0.2) is 19.9 Å². The van der Waals surface area contributed by atoms with Gasteiger partial charge in [-0.25, -0.2) is 19.9 Å². The fraction of sp³-hybridized carbons (Fsp3) is 0.0189. The van der Waals surface area contributed by atoms with E-state index in [1.807, 2.05) is 91.0 Å². The number of hydrogen-bond acceptors (Lipinski definition) is 5. The monoisotopic (exact) mass is 742 g/mol. The van der Waals surface area contributed by atoms with Crippen LogP contribution in [0.15, 0.2) is 211 Å². The highest BCUT2D eigenvalue weighted by atomic mass is 16.3. The Hall–Kier alpha value is -7.76. The summed E-state index contributed by atoms with van der Waals surface area (Å²) in [7, 11) is 0. The van der Waals surface area contributed by atoms with E-state index in [1.165, 1.54) is 27.8 Å². The SMILES string of the molecule is c1ccc(-c2nc(-c3ccccc3)nc(-c3cccc(-c4cccc5c4-c4ccccc4C5(c4ccccc4)c4ccc5oc(-c6ccccc6)nc5c4)c3)n2)cc1. The Morgan fingerprint density at radius 3 is 1.55 bits per heavy atom. The Morgan fingerprint density at radius 2 is 0.862 bits per heavy atom. The van der Waals surface area contributed by atoms with E-state index < -0.39 is 5.41 Å². The first-order valence-corrected chi connectivity index (χ1v) is 19.5. The van der Waals surface area contributed by atoms with Gasteiger partial charge in [0, 0.05) is 22.3 Å². The third-order valence-electron chi connectivity index (χ3n) is 11.2. The molecular formula is C53H34N4O. The third kappa shape index (κ3) is 5.47. The first-order valence-electron chi connectivity index (χ1n) is 19.5. The van der Waals surface area contributed by atoms with E-state index in [0.717, 1.165) is 50.0 Å². The molecule has 1 aliphatic rings. The Morgan fingerprint density at radius 1 is 0.345 bits per heavy atom. The Balaban J connectivity index is 1.11. The minimum absolute atomic E-state index is 0.612. The van der Waals surface area contributed by atoms with E-state index in [-0.39, 0.29) is 0 Å². The number of nitrogens with zero attached hydrogens (tertiary/aromatic N) is 4. The number of aromatic nitrogens is 4. The van der Waals surface area contributed by atoms with Crippen molar-refractivity contribution in [2.75, 3.05) is 0 Å². The molecule has 0 saturated heterocycles. The van der Waals surface area contributed by atoms with Gasteiger partial charge in [0.05, 0.1) is 5.41 Å². The summed E-state index contributed by atoms with van der Waals surface area (Å²) < 4.78 is 6.31. The normalized spacial score (nSPS) is 14.3. The summed E-state index contributed by atoms with van der Waals surface area (Å²) in [4.78, 5) is 20.1. The highest BCUT2D eigenvalue weighted by Gasteiger charge is 2.47. The maximum Gasteiger partial charge on any atom is 0.227 e. The topological polar surface area (TPSA) is 64.7 Å². The fourth-order valence-corrected chi connectivity index (χ4v) is 8.67. The molecule has 5 nitrogen and oxygen atoms in total. The highest BCUT2D eigenvalue weighted by Crippen LogP contribution is 2.58. The van der Waals surface area contributed by atoms with Crippen LogP contribution in [0.1, 0.15) is 22.3 Å². The van der Waals surface area contributed by atoms with Gasteiger partial charge in [-0.2, -0.15) is 0 Å². The first kappa shape index (κ1) is 33.6. The van der Waals surface area contributed by atoms with Gasteiger partial charge in [0.1, 0.15) is 5.52 Å². The zero-order valence-electron chi connectivity index (χ0n) is 31.3. The second-order valence-electron chi connectivity index (χ2n) is 14.6. The van der Waals surface area contributed by atoms with Crippen molar-refractivity contribution in [1.29, 1.82) is 0 Å². The molecule has 8 aromatic carbocycles. The van der Waals surface area contributed by atoms with Crippen LogP contribution in [0.4, 0.5) is 0 Å². The molecule has 0 aliphatic heterocycles. The van der Waals surface area contributed by atoms with E-state index in [0.29, 0.717) is 23.4 Å². The van der Waals surface area contributed by atoms with Gasteiger partial charge in [-0.15, -0.1) is 0 Å². The van der Waals surface area contributed by atoms with Crippen LogP contribution in [-0.2, 0) is 5.41 Å². The molecule has 58 heavy (non-hydrogen) atoms. The number of hydrogen-bond donors (Lipinski definition) is 0. The second-order valence-corrected chi connectivity index (χ2v) is 14.6. The van der Waals surface area contributed by atoms with Crippen molar-refractivity contribution in [2.45, 2.75) is 5.41 Å². The largest absolute Gasteiger partial charge is 0.436 e. The molecule has 272 valence electrons. The molecule has 0 bridgehead atoms. The molecule has 0 spiro atoms. The van der Waals surface area contributed by atoms with Crippen molar-refractivity contribution in [3.8, 4) is 67.9 Å². The molecule has 2 heterocycles. The van der Waals surface area contributed by atoms with Crippen LogP contribution < -0.4 is 0 Å². The molecule has 11 rings (SSSR count). The molecule has 5 heteroatoms. The van der Waals surface area contributed by atoms with Crippen LogP contribution in [0.25, 0.3) is 79.0 Å². The van der Waals surface area contributed by atoms with Gasteiger partial charge in [-0.3, -0.25) is 0 Å². The molecular weight excluding hydrogens is 709 g/mol. The van der Waals surface area contributed by atoms with Crippen LogP contribution in [0.5, 0.6) is 0 Å². The van der Waals surface area contributed by atoms with E-state index in [2.05, 4.69) is 115 Å². The minimum atomic E-state index is -0.621. The summed E-state index contributed by atoms with van der Waals surface area (Å²) in [6, 6.07) is 71.8. The molecule has 10 aromatic rings. The molecule has 0 amide bonds. The minimum Gasteiger partial charge on any atom is -0.436 e. The van der Waals surface area contributed by atoms with Gasteiger partial charge in [-0.1, -0.05) is 176 Å². The lowest BCUT2D eigenvalue weighted by molar-refractivity contribution is 0.619. The predicted octanol–water partition coefficient (Wildman–Crippen LogP) is 12.7. The average Bonchev–Trinajstić information content (AvgIpc) is 3.88. The summed E-state index contributed by atoms with van der Waals surface area (Å²) in [5.74, 6) is 2.51. The van der Waals surface area contributed by atoms with Gasteiger partial charge in [-0.05, 0) is 74.8 Å². The van der Waals surface area contributed by atoms with Gasteiger partial charge >= 0.3 is 0 Å². The molecule has 1 unspecified atom stereocenters. The van der Waals surface area contributed by atoms with Gasteiger partial charge in [0.15, 0.2) is 23.1 Å². The van der Waals surface area contributed by atoms with E-state index in [1.54, 1.807) is 0 Å². The van der Waals surface area contributed by atoms with Crippen molar-refractivity contribution >= 4 is 11.1 Å². The van der Waals surface area contributed by atoms with Crippen molar-refractivity contribution in [3.63, 3.8) is 0 Å². The maximum atomic E-state index is 6.31.